The van der Waals surface area contributed by atoms with Gasteiger partial charge in [0.25, 0.3) is 0 Å². The van der Waals surface area contributed by atoms with Crippen molar-refractivity contribution >= 4 is 29.1 Å². The van der Waals surface area contributed by atoms with E-state index in [1.807, 2.05) is 38.1 Å². The van der Waals surface area contributed by atoms with Gasteiger partial charge in [-0.15, -0.1) is 0 Å². The first-order valence-corrected chi connectivity index (χ1v) is 10.4. The van der Waals surface area contributed by atoms with Gasteiger partial charge in [-0.1, -0.05) is 25.1 Å². The van der Waals surface area contributed by atoms with Gasteiger partial charge in [-0.05, 0) is 31.4 Å². The maximum Gasteiger partial charge on any atom is 0.248 e. The highest BCUT2D eigenvalue weighted by Gasteiger charge is 2.23. The first-order chi connectivity index (χ1) is 14.5. The molecule has 0 aliphatic carbocycles. The summed E-state index contributed by atoms with van der Waals surface area (Å²) in [5.74, 6) is 1.08. The van der Waals surface area contributed by atoms with Gasteiger partial charge < -0.3 is 20.6 Å². The van der Waals surface area contributed by atoms with Crippen molar-refractivity contribution in [3.05, 3.63) is 41.6 Å². The van der Waals surface area contributed by atoms with Gasteiger partial charge in [0, 0.05) is 49.4 Å². The lowest BCUT2D eigenvalue weighted by Crippen LogP contribution is -2.46. The fourth-order valence-electron chi connectivity index (χ4n) is 3.50. The number of amides is 1. The summed E-state index contributed by atoms with van der Waals surface area (Å²) >= 11 is 0. The van der Waals surface area contributed by atoms with E-state index in [2.05, 4.69) is 20.6 Å². The number of aliphatic hydroxyl groups excluding tert-OH is 1. The van der Waals surface area contributed by atoms with Crippen molar-refractivity contribution in [1.29, 1.82) is 0 Å². The second kappa shape index (κ2) is 10.2. The van der Waals surface area contributed by atoms with Gasteiger partial charge in [0.05, 0.1) is 0 Å². The third-order valence-corrected chi connectivity index (χ3v) is 5.27. The summed E-state index contributed by atoms with van der Waals surface area (Å²) < 4.78 is 0. The molecule has 3 rings (SSSR count). The van der Waals surface area contributed by atoms with Crippen LogP contribution in [0.2, 0.25) is 0 Å². The Hall–Kier alpha value is -3.00. The molecule has 1 atom stereocenters. The lowest BCUT2D eigenvalue weighted by molar-refractivity contribution is -0.135. The van der Waals surface area contributed by atoms with E-state index in [0.29, 0.717) is 37.7 Å². The summed E-state index contributed by atoms with van der Waals surface area (Å²) in [6.07, 6.45) is 4.39. The number of piperidine rings is 1. The summed E-state index contributed by atoms with van der Waals surface area (Å²) in [5.41, 5.74) is 2.67. The number of aromatic nitrogens is 2. The molecule has 1 fully saturated rings. The average Bonchev–Trinajstić information content (AvgIpc) is 2.76. The van der Waals surface area contributed by atoms with Gasteiger partial charge >= 0.3 is 0 Å². The number of aryl methyl sites for hydroxylation is 1. The molecule has 0 bridgehead atoms. The van der Waals surface area contributed by atoms with Crippen molar-refractivity contribution < 1.29 is 14.7 Å². The van der Waals surface area contributed by atoms with Crippen LogP contribution in [0.4, 0.5) is 17.5 Å². The first kappa shape index (κ1) is 21.7. The number of carbonyl (C=O) groups is 2. The van der Waals surface area contributed by atoms with Gasteiger partial charge in [0.1, 0.15) is 18.2 Å². The largest absolute Gasteiger partial charge is 0.387 e. The highest BCUT2D eigenvalue weighted by atomic mass is 16.3. The molecule has 1 amide bonds. The molecule has 1 aromatic carbocycles. The number of nitrogens with zero attached hydrogens (tertiary/aromatic N) is 3. The van der Waals surface area contributed by atoms with E-state index < -0.39 is 6.61 Å². The second-order valence-corrected chi connectivity index (χ2v) is 7.56. The number of nitrogens with one attached hydrogen (secondary N) is 2. The molecule has 1 aliphatic heterocycles. The molecule has 2 heterocycles. The number of ketones is 1. The van der Waals surface area contributed by atoms with Crippen molar-refractivity contribution in [3.8, 4) is 0 Å². The number of hydrogen-bond donors (Lipinski definition) is 3. The molecule has 3 N–H and O–H groups in total. The Bertz CT molecular complexity index is 902. The summed E-state index contributed by atoms with van der Waals surface area (Å²) in [4.78, 5) is 34.4. The van der Waals surface area contributed by atoms with Crippen LogP contribution in [0.1, 0.15) is 37.3 Å². The van der Waals surface area contributed by atoms with E-state index in [1.54, 1.807) is 11.1 Å². The van der Waals surface area contributed by atoms with Crippen molar-refractivity contribution in [2.45, 2.75) is 45.6 Å². The van der Waals surface area contributed by atoms with Crippen LogP contribution in [0.5, 0.6) is 0 Å². The predicted molar refractivity (Wildman–Crippen MR) is 116 cm³/mol. The number of Topliss-reactive ketones (excluding diaryl/α,β-unsaturated/α-hetero) is 1. The van der Waals surface area contributed by atoms with Gasteiger partial charge in [-0.2, -0.15) is 4.98 Å². The van der Waals surface area contributed by atoms with E-state index >= 15 is 0 Å². The maximum atomic E-state index is 11.9. The smallest absolute Gasteiger partial charge is 0.248 e. The Morgan fingerprint density at radius 1 is 1.30 bits per heavy atom. The van der Waals surface area contributed by atoms with E-state index in [1.165, 1.54) is 0 Å². The molecule has 0 spiro atoms. The molecule has 0 radical (unpaired) electrons. The third-order valence-electron chi connectivity index (χ3n) is 5.27. The topological polar surface area (TPSA) is 107 Å². The van der Waals surface area contributed by atoms with Crippen LogP contribution >= 0.6 is 0 Å². The van der Waals surface area contributed by atoms with Crippen LogP contribution in [0.25, 0.3) is 0 Å². The molecule has 30 heavy (non-hydrogen) atoms. The van der Waals surface area contributed by atoms with E-state index in [4.69, 9.17) is 5.11 Å². The second-order valence-electron chi connectivity index (χ2n) is 7.56. The Morgan fingerprint density at radius 2 is 2.10 bits per heavy atom. The Morgan fingerprint density at radius 3 is 2.87 bits per heavy atom. The zero-order valence-electron chi connectivity index (χ0n) is 17.5. The van der Waals surface area contributed by atoms with Crippen molar-refractivity contribution in [1.82, 2.24) is 14.9 Å². The van der Waals surface area contributed by atoms with Crippen LogP contribution in [-0.4, -0.2) is 57.4 Å². The van der Waals surface area contributed by atoms with E-state index in [0.717, 1.165) is 29.7 Å². The minimum Gasteiger partial charge on any atom is -0.387 e. The fourth-order valence-corrected chi connectivity index (χ4v) is 3.50. The summed E-state index contributed by atoms with van der Waals surface area (Å²) in [6.45, 7) is 4.50. The van der Waals surface area contributed by atoms with Crippen molar-refractivity contribution in [3.63, 3.8) is 0 Å². The van der Waals surface area contributed by atoms with Gasteiger partial charge in [0.2, 0.25) is 11.9 Å². The zero-order valence-corrected chi connectivity index (χ0v) is 17.5. The summed E-state index contributed by atoms with van der Waals surface area (Å²) in [5, 5.41) is 15.7. The molecule has 160 valence electrons. The number of aliphatic hydroxyl groups is 1. The number of hydrogen-bond acceptors (Lipinski definition) is 7. The SMILES string of the molecule is CCC(=O)Cc1ccccc1Nc1nc(N[C@H]2CCCN(C(=O)CO)C2)ncc1C. The summed E-state index contributed by atoms with van der Waals surface area (Å²) in [6, 6.07) is 7.75. The van der Waals surface area contributed by atoms with Crippen LogP contribution in [-0.2, 0) is 16.0 Å². The lowest BCUT2D eigenvalue weighted by Gasteiger charge is -2.32. The standard InChI is InChI=1S/C22H29N5O3/c1-3-18(29)11-16-7-4-5-9-19(16)25-21-15(2)12-23-22(26-21)24-17-8-6-10-27(13-17)20(30)14-28/h4-5,7,9,12,17,28H,3,6,8,10-11,13-14H2,1-2H3,(H2,23,24,25,26)/t17-/m0/s1. The first-order valence-electron chi connectivity index (χ1n) is 10.4. The molecular formula is C22H29N5O3. The molecule has 0 unspecified atom stereocenters. The Labute approximate surface area is 176 Å². The molecule has 2 aromatic rings. The number of anilines is 3. The third kappa shape index (κ3) is 5.54. The van der Waals surface area contributed by atoms with E-state index in [9.17, 15) is 9.59 Å². The molecule has 1 aliphatic rings. The van der Waals surface area contributed by atoms with Crippen LogP contribution in [0.15, 0.2) is 30.5 Å². The number of rotatable bonds is 8. The molecule has 0 saturated carbocycles. The van der Waals surface area contributed by atoms with Gasteiger partial charge in [-0.25, -0.2) is 4.98 Å². The van der Waals surface area contributed by atoms with Crippen LogP contribution < -0.4 is 10.6 Å². The quantitative estimate of drug-likeness (QED) is 0.612. The van der Waals surface area contributed by atoms with Crippen LogP contribution in [0, 0.1) is 6.92 Å². The molecule has 8 nitrogen and oxygen atoms in total. The van der Waals surface area contributed by atoms with Gasteiger partial charge in [0.15, 0.2) is 0 Å². The Kier molecular flexibility index (Phi) is 7.35. The van der Waals surface area contributed by atoms with Crippen molar-refractivity contribution in [2.75, 3.05) is 30.3 Å². The number of para-hydroxylation sites is 1. The predicted octanol–water partition coefficient (Wildman–Crippen LogP) is 2.45. The molecular weight excluding hydrogens is 382 g/mol. The summed E-state index contributed by atoms with van der Waals surface area (Å²) in [7, 11) is 0. The minimum atomic E-state index is -0.470. The molecule has 8 heteroatoms. The normalized spacial score (nSPS) is 16.2. The number of carbonyl (C=O) groups excluding carboxylic acids is 2. The monoisotopic (exact) mass is 411 g/mol. The van der Waals surface area contributed by atoms with Gasteiger partial charge in [-0.3, -0.25) is 9.59 Å². The van der Waals surface area contributed by atoms with E-state index in [-0.39, 0.29) is 17.7 Å². The average molecular weight is 412 g/mol. The molecule has 1 saturated heterocycles. The van der Waals surface area contributed by atoms with Crippen LogP contribution in [0.3, 0.4) is 0 Å². The highest BCUT2D eigenvalue weighted by Crippen LogP contribution is 2.24. The highest BCUT2D eigenvalue weighted by molar-refractivity contribution is 5.82. The maximum absolute atomic E-state index is 11.9. The minimum absolute atomic E-state index is 0.0271. The number of benzene rings is 1. The lowest BCUT2D eigenvalue weighted by atomic mass is 10.1. The van der Waals surface area contributed by atoms with Crippen molar-refractivity contribution in [2.24, 2.45) is 0 Å². The number of likely N-dealkylation sites (tertiary alicyclic amines) is 1. The Balaban J connectivity index is 1.73. The molecule has 1 aromatic heterocycles. The zero-order chi connectivity index (χ0) is 21.5. The fraction of sp³-hybridized carbons (Fsp3) is 0.455.